The molecule has 0 unspecified atom stereocenters. The SMILES string of the molecule is [MgH+].[Ni].[OH-].[Rh]. The summed E-state index contributed by atoms with van der Waals surface area (Å²) in [6.45, 7) is 0. The maximum absolute atomic E-state index is 0. The second-order valence-corrected chi connectivity index (χ2v) is 0. The summed E-state index contributed by atoms with van der Waals surface area (Å²) >= 11 is 0. The molecule has 0 aliphatic carbocycles. The molecule has 0 aliphatic heterocycles. The van der Waals surface area contributed by atoms with Gasteiger partial charge in [0.15, 0.2) is 0 Å². The summed E-state index contributed by atoms with van der Waals surface area (Å²) in [4.78, 5) is 0. The Morgan fingerprint density at radius 3 is 1.00 bits per heavy atom. The van der Waals surface area contributed by atoms with E-state index in [9.17, 15) is 0 Å². The first-order chi connectivity index (χ1) is 0. The van der Waals surface area contributed by atoms with Gasteiger partial charge in [0, 0.05) is 36.0 Å². The quantitative estimate of drug-likeness (QED) is 0.473. The third-order valence-corrected chi connectivity index (χ3v) is 0. The van der Waals surface area contributed by atoms with Crippen LogP contribution in [0.15, 0.2) is 0 Å². The molecular weight excluding hydrogens is 202 g/mol. The molecule has 0 spiro atoms. The molecule has 0 aromatic carbocycles. The zero-order valence-corrected chi connectivity index (χ0v) is 6.72. The summed E-state index contributed by atoms with van der Waals surface area (Å²) in [7, 11) is 0. The average Bonchev–Trinajstić information content (AvgIpc) is 0. The largest absolute Gasteiger partial charge is 0.870 e. The Morgan fingerprint density at radius 2 is 1.00 bits per heavy atom. The van der Waals surface area contributed by atoms with E-state index >= 15 is 0 Å². The van der Waals surface area contributed by atoms with Crippen LogP contribution in [0.25, 0.3) is 0 Å². The summed E-state index contributed by atoms with van der Waals surface area (Å²) in [6.07, 6.45) is 0. The van der Waals surface area contributed by atoms with Crippen LogP contribution in [-0.2, 0) is 36.0 Å². The van der Waals surface area contributed by atoms with Crippen LogP contribution in [0, 0.1) is 0 Å². The third-order valence-electron chi connectivity index (χ3n) is 0. The molecule has 0 rings (SSSR count). The van der Waals surface area contributed by atoms with Crippen molar-refractivity contribution in [3.8, 4) is 0 Å². The maximum atomic E-state index is 0. The molecule has 1 radical (unpaired) electrons. The van der Waals surface area contributed by atoms with Crippen molar-refractivity contribution < 1.29 is 41.4 Å². The Kier molecular flexibility index (Phi) is 212. The van der Waals surface area contributed by atoms with Gasteiger partial charge in [-0.2, -0.15) is 0 Å². The Hall–Kier alpha value is 1.84. The molecule has 1 nitrogen and oxygen atoms in total. The molecule has 4 heteroatoms. The summed E-state index contributed by atoms with van der Waals surface area (Å²) in [5.74, 6) is 0. The predicted molar refractivity (Wildman–Crippen MR) is 9.08 cm³/mol. The first-order valence-electron chi connectivity index (χ1n) is 0. The molecule has 0 saturated carbocycles. The molecule has 0 aromatic heterocycles. The Bertz CT molecular complexity index is 8.00. The molecule has 29 valence electrons. The van der Waals surface area contributed by atoms with Crippen molar-refractivity contribution in [3.63, 3.8) is 0 Å². The van der Waals surface area contributed by atoms with E-state index in [0.29, 0.717) is 0 Å². The van der Waals surface area contributed by atoms with E-state index in [0.717, 1.165) is 0 Å². The summed E-state index contributed by atoms with van der Waals surface area (Å²) in [5, 5.41) is 0. The van der Waals surface area contributed by atoms with Gasteiger partial charge in [-0.05, 0) is 0 Å². The molecular formula is H2MgNiORh. The number of rotatable bonds is 0. The van der Waals surface area contributed by atoms with Gasteiger partial charge >= 0.3 is 23.1 Å². The maximum Gasteiger partial charge on any atom is 0 e. The van der Waals surface area contributed by atoms with Gasteiger partial charge in [0.1, 0.15) is 0 Å². The van der Waals surface area contributed by atoms with E-state index in [4.69, 9.17) is 0 Å². The van der Waals surface area contributed by atoms with Crippen LogP contribution in [-0.4, -0.2) is 28.5 Å². The summed E-state index contributed by atoms with van der Waals surface area (Å²) < 4.78 is 0. The van der Waals surface area contributed by atoms with Gasteiger partial charge in [-0.1, -0.05) is 0 Å². The zero-order chi connectivity index (χ0) is 0. The van der Waals surface area contributed by atoms with Crippen LogP contribution >= 0.6 is 0 Å². The first-order valence-corrected chi connectivity index (χ1v) is 0. The zero-order valence-electron chi connectivity index (χ0n) is 2.10. The first kappa shape index (κ1) is 40.3. The average molecular weight is 204 g/mol. The molecule has 0 saturated heterocycles. The molecule has 0 amide bonds. The number of hydrogen-bond donors (Lipinski definition) is 0. The van der Waals surface area contributed by atoms with Crippen LogP contribution in [0.3, 0.4) is 0 Å². The van der Waals surface area contributed by atoms with Gasteiger partial charge in [0.05, 0.1) is 0 Å². The van der Waals surface area contributed by atoms with E-state index in [1.165, 1.54) is 0 Å². The van der Waals surface area contributed by atoms with Crippen molar-refractivity contribution in [1.82, 2.24) is 0 Å². The van der Waals surface area contributed by atoms with Gasteiger partial charge in [-0.3, -0.25) is 0 Å². The normalized spacial score (nSPS) is 0. The van der Waals surface area contributed by atoms with Gasteiger partial charge < -0.3 is 5.48 Å². The molecule has 0 aromatic rings. The van der Waals surface area contributed by atoms with Crippen LogP contribution in [0.4, 0.5) is 0 Å². The minimum Gasteiger partial charge on any atom is -0.870 e. The van der Waals surface area contributed by atoms with Crippen molar-refractivity contribution in [1.29, 1.82) is 0 Å². The van der Waals surface area contributed by atoms with E-state index in [1.807, 2.05) is 0 Å². The van der Waals surface area contributed by atoms with Crippen LogP contribution in [0.1, 0.15) is 0 Å². The second-order valence-electron chi connectivity index (χ2n) is 0. The van der Waals surface area contributed by atoms with Crippen LogP contribution < -0.4 is 0 Å². The second kappa shape index (κ2) is 21.1. The fourth-order valence-electron chi connectivity index (χ4n) is 0. The number of hydrogen-bond acceptors (Lipinski definition) is 1. The minimum absolute atomic E-state index is 0. The van der Waals surface area contributed by atoms with E-state index < -0.39 is 0 Å². The van der Waals surface area contributed by atoms with Crippen LogP contribution in [0.2, 0.25) is 0 Å². The van der Waals surface area contributed by atoms with E-state index in [2.05, 4.69) is 0 Å². The van der Waals surface area contributed by atoms with Gasteiger partial charge in [0.2, 0.25) is 0 Å². The van der Waals surface area contributed by atoms with Gasteiger partial charge in [0.25, 0.3) is 0 Å². The molecule has 0 atom stereocenters. The van der Waals surface area contributed by atoms with Crippen molar-refractivity contribution in [3.05, 3.63) is 0 Å². The van der Waals surface area contributed by atoms with Crippen molar-refractivity contribution >= 4 is 23.1 Å². The van der Waals surface area contributed by atoms with Gasteiger partial charge in [-0.25, -0.2) is 0 Å². The molecule has 0 bridgehead atoms. The molecule has 1 N–H and O–H groups in total. The van der Waals surface area contributed by atoms with Crippen molar-refractivity contribution in [2.24, 2.45) is 0 Å². The monoisotopic (exact) mass is 203 g/mol. The summed E-state index contributed by atoms with van der Waals surface area (Å²) in [6, 6.07) is 0. The standard InChI is InChI=1S/Mg.Ni.H2O.Rh.H/h;;1H2;;/q+1;;;;/p-1. The smallest absolute Gasteiger partial charge is 0 e. The van der Waals surface area contributed by atoms with E-state index in [-0.39, 0.29) is 64.5 Å². The fourth-order valence-corrected chi connectivity index (χ4v) is 0. The van der Waals surface area contributed by atoms with Crippen molar-refractivity contribution in [2.45, 2.75) is 0 Å². The van der Waals surface area contributed by atoms with E-state index in [1.54, 1.807) is 0 Å². The Morgan fingerprint density at radius 1 is 1.00 bits per heavy atom. The predicted octanol–water partition coefficient (Wildman–Crippen LogP) is -0.830. The topological polar surface area (TPSA) is 30.0 Å². The van der Waals surface area contributed by atoms with Gasteiger partial charge in [-0.15, -0.1) is 0 Å². The Labute approximate surface area is 64.0 Å². The third kappa shape index (κ3) is 9.14. The Balaban J connectivity index is 0. The van der Waals surface area contributed by atoms with Crippen LogP contribution in [0.5, 0.6) is 0 Å². The minimum atomic E-state index is 0. The van der Waals surface area contributed by atoms with Crippen molar-refractivity contribution in [2.75, 3.05) is 0 Å². The fraction of sp³-hybridized carbons (Fsp3) is 0. The molecule has 0 fully saturated rings. The molecule has 4 heavy (non-hydrogen) atoms. The molecule has 0 aliphatic rings. The summed E-state index contributed by atoms with van der Waals surface area (Å²) in [5.41, 5.74) is 0. The molecule has 0 heterocycles.